The molecule has 3 nitrogen and oxygen atoms in total. The van der Waals surface area contributed by atoms with Crippen molar-refractivity contribution in [3.8, 4) is 0 Å². The Bertz CT molecular complexity index is 256. The van der Waals surface area contributed by atoms with Crippen LogP contribution in [0.2, 0.25) is 0 Å². The standard InChI is InChI=1S/C8H15NO2S/c1-2-8-12(10,11)9-6-4-3-5-7-9/h3-4H,2,5-8H2,1H3. The minimum atomic E-state index is -2.95. The molecule has 0 unspecified atom stereocenters. The Labute approximate surface area is 74.1 Å². The molecule has 0 saturated carbocycles. The molecule has 0 aromatic rings. The third-order valence-corrected chi connectivity index (χ3v) is 3.92. The fraction of sp³-hybridized carbons (Fsp3) is 0.750. The van der Waals surface area contributed by atoms with Crippen molar-refractivity contribution < 1.29 is 8.42 Å². The quantitative estimate of drug-likeness (QED) is 0.621. The molecule has 4 heteroatoms. The molecule has 70 valence electrons. The highest BCUT2D eigenvalue weighted by Gasteiger charge is 2.20. The lowest BCUT2D eigenvalue weighted by Crippen LogP contribution is -2.35. The van der Waals surface area contributed by atoms with Gasteiger partial charge in [0.25, 0.3) is 0 Å². The summed E-state index contributed by atoms with van der Waals surface area (Å²) in [7, 11) is -2.95. The molecule has 0 radical (unpaired) electrons. The van der Waals surface area contributed by atoms with Gasteiger partial charge in [-0.25, -0.2) is 8.42 Å². The van der Waals surface area contributed by atoms with Crippen LogP contribution in [0.4, 0.5) is 0 Å². The van der Waals surface area contributed by atoms with Crippen LogP contribution in [0.3, 0.4) is 0 Å². The van der Waals surface area contributed by atoms with Crippen LogP contribution >= 0.6 is 0 Å². The van der Waals surface area contributed by atoms with Crippen molar-refractivity contribution in [2.45, 2.75) is 19.8 Å². The summed E-state index contributed by atoms with van der Waals surface area (Å²) in [6.45, 7) is 3.10. The van der Waals surface area contributed by atoms with E-state index in [-0.39, 0.29) is 5.75 Å². The predicted octanol–water partition coefficient (Wildman–Crippen LogP) is 0.988. The fourth-order valence-corrected chi connectivity index (χ4v) is 2.73. The van der Waals surface area contributed by atoms with Crippen LogP contribution in [-0.2, 0) is 10.0 Å². The van der Waals surface area contributed by atoms with E-state index in [2.05, 4.69) is 0 Å². The number of sulfonamides is 1. The first-order valence-corrected chi connectivity index (χ1v) is 5.90. The number of hydrogen-bond donors (Lipinski definition) is 0. The number of nitrogens with zero attached hydrogens (tertiary/aromatic N) is 1. The summed E-state index contributed by atoms with van der Waals surface area (Å²) in [4.78, 5) is 0. The zero-order valence-corrected chi connectivity index (χ0v) is 8.18. The van der Waals surface area contributed by atoms with Gasteiger partial charge in [-0.3, -0.25) is 0 Å². The van der Waals surface area contributed by atoms with Gasteiger partial charge in [-0.15, -0.1) is 0 Å². The van der Waals surface area contributed by atoms with E-state index in [1.54, 1.807) is 4.31 Å². The fourth-order valence-electron chi connectivity index (χ4n) is 1.26. The van der Waals surface area contributed by atoms with E-state index < -0.39 is 10.0 Å². The molecule has 0 aromatic heterocycles. The highest BCUT2D eigenvalue weighted by Crippen LogP contribution is 2.08. The van der Waals surface area contributed by atoms with Crippen molar-refractivity contribution in [1.82, 2.24) is 4.31 Å². The summed E-state index contributed by atoms with van der Waals surface area (Å²) in [5, 5.41) is 0. The highest BCUT2D eigenvalue weighted by atomic mass is 32.2. The minimum Gasteiger partial charge on any atom is -0.212 e. The molecule has 1 aliphatic heterocycles. The van der Waals surface area contributed by atoms with E-state index in [0.29, 0.717) is 19.5 Å². The topological polar surface area (TPSA) is 37.4 Å². The lowest BCUT2D eigenvalue weighted by atomic mass is 10.3. The minimum absolute atomic E-state index is 0.279. The molecule has 1 aliphatic rings. The lowest BCUT2D eigenvalue weighted by molar-refractivity contribution is 0.437. The molecule has 0 amide bonds. The van der Waals surface area contributed by atoms with Gasteiger partial charge >= 0.3 is 0 Å². The van der Waals surface area contributed by atoms with Gasteiger partial charge < -0.3 is 0 Å². The molecule has 0 spiro atoms. The van der Waals surface area contributed by atoms with Gasteiger partial charge in [0, 0.05) is 13.1 Å². The van der Waals surface area contributed by atoms with Crippen LogP contribution < -0.4 is 0 Å². The van der Waals surface area contributed by atoms with Crippen molar-refractivity contribution in [2.75, 3.05) is 18.8 Å². The maximum absolute atomic E-state index is 11.5. The van der Waals surface area contributed by atoms with Gasteiger partial charge in [-0.2, -0.15) is 4.31 Å². The molecule has 0 saturated heterocycles. The smallest absolute Gasteiger partial charge is 0.212 e. The van der Waals surface area contributed by atoms with Crippen molar-refractivity contribution in [3.63, 3.8) is 0 Å². The summed E-state index contributed by atoms with van der Waals surface area (Å²) in [5.74, 6) is 0.279. The summed E-state index contributed by atoms with van der Waals surface area (Å²) in [6.07, 6.45) is 5.49. The van der Waals surface area contributed by atoms with Gasteiger partial charge in [0.05, 0.1) is 5.75 Å². The lowest BCUT2D eigenvalue weighted by Gasteiger charge is -2.22. The van der Waals surface area contributed by atoms with Crippen LogP contribution in [0.1, 0.15) is 19.8 Å². The van der Waals surface area contributed by atoms with Gasteiger partial charge in [0.1, 0.15) is 0 Å². The normalized spacial score (nSPS) is 19.8. The Morgan fingerprint density at radius 3 is 2.67 bits per heavy atom. The zero-order chi connectivity index (χ0) is 9.03. The Morgan fingerprint density at radius 1 is 1.42 bits per heavy atom. The van der Waals surface area contributed by atoms with Crippen LogP contribution in [0.5, 0.6) is 0 Å². The summed E-state index contributed by atoms with van der Waals surface area (Å²) >= 11 is 0. The van der Waals surface area contributed by atoms with Gasteiger partial charge in [0.2, 0.25) is 10.0 Å². The molecular formula is C8H15NO2S. The van der Waals surface area contributed by atoms with E-state index in [0.717, 1.165) is 6.42 Å². The SMILES string of the molecule is CCCS(=O)(=O)N1CC=CCC1. The van der Waals surface area contributed by atoms with Crippen LogP contribution in [0.15, 0.2) is 12.2 Å². The van der Waals surface area contributed by atoms with E-state index in [4.69, 9.17) is 0 Å². The summed E-state index contributed by atoms with van der Waals surface area (Å²) in [5.41, 5.74) is 0. The maximum atomic E-state index is 11.5. The van der Waals surface area contributed by atoms with Crippen LogP contribution in [0, 0.1) is 0 Å². The number of rotatable bonds is 3. The van der Waals surface area contributed by atoms with Crippen molar-refractivity contribution in [3.05, 3.63) is 12.2 Å². The molecular weight excluding hydrogens is 174 g/mol. The molecule has 0 N–H and O–H groups in total. The van der Waals surface area contributed by atoms with Crippen LogP contribution in [-0.4, -0.2) is 31.6 Å². The van der Waals surface area contributed by atoms with E-state index in [1.165, 1.54) is 0 Å². The summed E-state index contributed by atoms with van der Waals surface area (Å²) < 4.78 is 24.5. The Morgan fingerprint density at radius 2 is 2.17 bits per heavy atom. The Kier molecular flexibility index (Phi) is 3.29. The third-order valence-electron chi connectivity index (χ3n) is 1.88. The van der Waals surface area contributed by atoms with Crippen molar-refractivity contribution in [2.24, 2.45) is 0 Å². The van der Waals surface area contributed by atoms with Crippen molar-refractivity contribution >= 4 is 10.0 Å². The third kappa shape index (κ3) is 2.32. The molecule has 1 heterocycles. The summed E-state index contributed by atoms with van der Waals surface area (Å²) in [6, 6.07) is 0. The average molecular weight is 189 g/mol. The van der Waals surface area contributed by atoms with E-state index in [9.17, 15) is 8.42 Å². The Balaban J connectivity index is 2.62. The molecule has 0 fully saturated rings. The zero-order valence-electron chi connectivity index (χ0n) is 7.36. The van der Waals surface area contributed by atoms with Gasteiger partial charge in [-0.05, 0) is 12.8 Å². The largest absolute Gasteiger partial charge is 0.214 e. The Hall–Kier alpha value is -0.350. The molecule has 0 aliphatic carbocycles. The van der Waals surface area contributed by atoms with Crippen molar-refractivity contribution in [1.29, 1.82) is 0 Å². The first-order chi connectivity index (χ1) is 5.67. The molecule has 0 aromatic carbocycles. The van der Waals surface area contributed by atoms with E-state index in [1.807, 2.05) is 19.1 Å². The second kappa shape index (κ2) is 4.05. The number of hydrogen-bond acceptors (Lipinski definition) is 2. The molecule has 1 rings (SSSR count). The monoisotopic (exact) mass is 189 g/mol. The second-order valence-electron chi connectivity index (χ2n) is 2.93. The van der Waals surface area contributed by atoms with Gasteiger partial charge in [0.15, 0.2) is 0 Å². The highest BCUT2D eigenvalue weighted by molar-refractivity contribution is 7.89. The van der Waals surface area contributed by atoms with Gasteiger partial charge in [-0.1, -0.05) is 19.1 Å². The molecule has 0 atom stereocenters. The molecule has 12 heavy (non-hydrogen) atoms. The predicted molar refractivity (Wildman–Crippen MR) is 49.4 cm³/mol. The van der Waals surface area contributed by atoms with Crippen LogP contribution in [0.25, 0.3) is 0 Å². The first-order valence-electron chi connectivity index (χ1n) is 4.29. The first kappa shape index (κ1) is 9.74. The average Bonchev–Trinajstić information content (AvgIpc) is 2.06. The molecule has 0 bridgehead atoms. The second-order valence-corrected chi connectivity index (χ2v) is 5.02. The van der Waals surface area contributed by atoms with E-state index >= 15 is 0 Å². The maximum Gasteiger partial charge on any atom is 0.214 e.